The van der Waals surface area contributed by atoms with Gasteiger partial charge < -0.3 is 9.30 Å². The summed E-state index contributed by atoms with van der Waals surface area (Å²) in [6.07, 6.45) is 0. The Morgan fingerprint density at radius 1 is 0.558 bits per heavy atom. The van der Waals surface area contributed by atoms with Crippen molar-refractivity contribution in [1.29, 1.82) is 0 Å². The van der Waals surface area contributed by atoms with Gasteiger partial charge in [-0.3, -0.25) is 0 Å². The Hall–Kier alpha value is -6.42. The van der Waals surface area contributed by atoms with Gasteiger partial charge in [0, 0.05) is 27.6 Å². The van der Waals surface area contributed by atoms with Gasteiger partial charge in [0.05, 0.1) is 27.4 Å². The van der Waals surface area contributed by atoms with Crippen LogP contribution in [0.15, 0.2) is 168 Å². The third-order valence-electron chi connectivity index (χ3n) is 10.3. The third kappa shape index (κ3) is 5.01. The minimum atomic E-state index is -3.66. The second-order valence-electron chi connectivity index (χ2n) is 13.7. The zero-order valence-corrected chi connectivity index (χ0v) is 29.4. The molecule has 0 atom stereocenters. The molecule has 1 aliphatic rings. The summed E-state index contributed by atoms with van der Waals surface area (Å²) in [7, 11) is -3.66. The molecule has 6 heteroatoms. The molecule has 8 aromatic rings. The number of benzene rings is 7. The highest BCUT2D eigenvalue weighted by molar-refractivity contribution is 7.91. The highest BCUT2D eigenvalue weighted by Crippen LogP contribution is 2.50. The number of nitrogens with zero attached hydrogens (tertiary/aromatic N) is 2. The van der Waals surface area contributed by atoms with Crippen LogP contribution in [0, 0.1) is 6.57 Å². The molecule has 0 radical (unpaired) electrons. The van der Waals surface area contributed by atoms with Crippen molar-refractivity contribution in [2.24, 2.45) is 0 Å². The fourth-order valence-corrected chi connectivity index (χ4v) is 8.86. The maximum atomic E-state index is 13.4. The molecule has 5 nitrogen and oxygen atoms in total. The largest absolute Gasteiger partial charge is 0.457 e. The first kappa shape index (κ1) is 31.6. The van der Waals surface area contributed by atoms with E-state index in [0.29, 0.717) is 5.69 Å². The standard InChI is InChI=1S/C46H32N2O3S/c1-46(2)40-27-32(30-11-10-16-37(25-30)52(49,50)36-14-8-5-9-15-36)18-23-44(40)51-45-24-19-33(28-41(45)46)31-17-21-42-38(26-31)39-29-34(47-3)20-22-43(39)48(42)35-12-6-4-7-13-35/h4-29H,1-2H3. The van der Waals surface area contributed by atoms with E-state index in [4.69, 9.17) is 11.3 Å². The molecule has 0 N–H and O–H groups in total. The summed E-state index contributed by atoms with van der Waals surface area (Å²) in [5.41, 5.74) is 9.37. The first-order chi connectivity index (χ1) is 25.2. The molecule has 0 aliphatic carbocycles. The minimum absolute atomic E-state index is 0.258. The van der Waals surface area contributed by atoms with E-state index in [-0.39, 0.29) is 9.79 Å². The van der Waals surface area contributed by atoms with E-state index in [1.54, 1.807) is 42.5 Å². The van der Waals surface area contributed by atoms with Crippen LogP contribution in [0.5, 0.6) is 11.5 Å². The smallest absolute Gasteiger partial charge is 0.206 e. The Bertz CT molecular complexity index is 2870. The summed E-state index contributed by atoms with van der Waals surface area (Å²) in [6.45, 7) is 12.1. The van der Waals surface area contributed by atoms with Gasteiger partial charge in [-0.05, 0) is 113 Å². The average Bonchev–Trinajstić information content (AvgIpc) is 3.51. The number of rotatable bonds is 5. The Balaban J connectivity index is 1.12. The SMILES string of the molecule is [C-]#[N+]c1ccc2c(c1)c1cc(-c3ccc4c(c3)C(C)(C)c3cc(-c5cccc(S(=O)(=O)c6ccccc6)c5)ccc3O4)ccc1n2-c1ccccc1. The molecule has 0 amide bonds. The number of fused-ring (bicyclic) bond motifs is 5. The van der Waals surface area contributed by atoms with Crippen LogP contribution in [-0.2, 0) is 15.3 Å². The molecule has 7 aromatic carbocycles. The van der Waals surface area contributed by atoms with E-state index in [1.807, 2.05) is 60.7 Å². The molecule has 250 valence electrons. The lowest BCUT2D eigenvalue weighted by Crippen LogP contribution is -2.24. The minimum Gasteiger partial charge on any atom is -0.457 e. The van der Waals surface area contributed by atoms with Gasteiger partial charge in [0.1, 0.15) is 11.5 Å². The van der Waals surface area contributed by atoms with Crippen molar-refractivity contribution in [3.05, 3.63) is 180 Å². The lowest BCUT2D eigenvalue weighted by Gasteiger charge is -2.35. The normalized spacial score (nSPS) is 13.2. The molecule has 0 fully saturated rings. The van der Waals surface area contributed by atoms with E-state index < -0.39 is 15.3 Å². The number of para-hydroxylation sites is 1. The number of sulfone groups is 1. The maximum Gasteiger partial charge on any atom is 0.206 e. The topological polar surface area (TPSA) is 52.7 Å². The zero-order valence-electron chi connectivity index (χ0n) is 28.5. The lowest BCUT2D eigenvalue weighted by molar-refractivity contribution is 0.418. The predicted molar refractivity (Wildman–Crippen MR) is 208 cm³/mol. The summed E-state index contributed by atoms with van der Waals surface area (Å²) >= 11 is 0. The monoisotopic (exact) mass is 692 g/mol. The van der Waals surface area contributed by atoms with Crippen LogP contribution in [-0.4, -0.2) is 13.0 Å². The Morgan fingerprint density at radius 3 is 1.75 bits per heavy atom. The van der Waals surface area contributed by atoms with Gasteiger partial charge in [-0.2, -0.15) is 0 Å². The average molecular weight is 693 g/mol. The molecule has 2 heterocycles. The van der Waals surface area contributed by atoms with Crippen LogP contribution in [0.2, 0.25) is 0 Å². The molecular formula is C46H32N2O3S. The number of aromatic nitrogens is 1. The quantitative estimate of drug-likeness (QED) is 0.169. The van der Waals surface area contributed by atoms with Crippen LogP contribution in [0.3, 0.4) is 0 Å². The van der Waals surface area contributed by atoms with Gasteiger partial charge in [0.25, 0.3) is 0 Å². The van der Waals surface area contributed by atoms with Crippen LogP contribution in [0.4, 0.5) is 5.69 Å². The second kappa shape index (κ2) is 11.8. The zero-order chi connectivity index (χ0) is 35.6. The second-order valence-corrected chi connectivity index (χ2v) is 15.7. The van der Waals surface area contributed by atoms with E-state index in [2.05, 4.69) is 77.9 Å². The first-order valence-corrected chi connectivity index (χ1v) is 18.6. The van der Waals surface area contributed by atoms with Crippen LogP contribution < -0.4 is 4.74 Å². The van der Waals surface area contributed by atoms with Crippen molar-refractivity contribution in [2.45, 2.75) is 29.1 Å². The van der Waals surface area contributed by atoms with Crippen molar-refractivity contribution < 1.29 is 13.2 Å². The summed E-state index contributed by atoms with van der Waals surface area (Å²) in [5.74, 6) is 1.60. The molecule has 52 heavy (non-hydrogen) atoms. The Labute approximate surface area is 302 Å². The molecule has 0 bridgehead atoms. The highest BCUT2D eigenvalue weighted by atomic mass is 32.2. The Kier molecular flexibility index (Phi) is 7.18. The number of hydrogen-bond donors (Lipinski definition) is 0. The summed E-state index contributed by atoms with van der Waals surface area (Å²) in [5, 5.41) is 2.12. The summed E-state index contributed by atoms with van der Waals surface area (Å²) < 4.78 is 35.6. The molecule has 0 spiro atoms. The molecule has 0 unspecified atom stereocenters. The molecule has 1 aromatic heterocycles. The summed E-state index contributed by atoms with van der Waals surface area (Å²) in [4.78, 5) is 4.26. The molecule has 0 saturated carbocycles. The summed E-state index contributed by atoms with van der Waals surface area (Å²) in [6, 6.07) is 50.9. The van der Waals surface area contributed by atoms with Crippen LogP contribution in [0.25, 0.3) is 54.6 Å². The number of hydrogen-bond acceptors (Lipinski definition) is 3. The lowest BCUT2D eigenvalue weighted by atomic mass is 9.74. The van der Waals surface area contributed by atoms with Gasteiger partial charge in [-0.1, -0.05) is 86.6 Å². The van der Waals surface area contributed by atoms with Crippen molar-refractivity contribution in [1.82, 2.24) is 4.57 Å². The molecular weight excluding hydrogens is 661 g/mol. The van der Waals surface area contributed by atoms with Crippen molar-refractivity contribution in [2.75, 3.05) is 0 Å². The van der Waals surface area contributed by atoms with Gasteiger partial charge in [-0.15, -0.1) is 0 Å². The maximum absolute atomic E-state index is 13.4. The predicted octanol–water partition coefficient (Wildman–Crippen LogP) is 11.9. The van der Waals surface area contributed by atoms with Gasteiger partial charge >= 0.3 is 0 Å². The van der Waals surface area contributed by atoms with Gasteiger partial charge in [-0.25, -0.2) is 13.3 Å². The van der Waals surface area contributed by atoms with Gasteiger partial charge in [0.15, 0.2) is 5.69 Å². The van der Waals surface area contributed by atoms with E-state index in [1.165, 1.54) is 0 Å². The van der Waals surface area contributed by atoms with E-state index >= 15 is 0 Å². The number of ether oxygens (including phenoxy) is 1. The van der Waals surface area contributed by atoms with Gasteiger partial charge in [0.2, 0.25) is 9.84 Å². The molecule has 1 aliphatic heterocycles. The van der Waals surface area contributed by atoms with Crippen molar-refractivity contribution in [3.8, 4) is 39.4 Å². The Morgan fingerprint density at radius 2 is 1.10 bits per heavy atom. The fourth-order valence-electron chi connectivity index (χ4n) is 7.53. The van der Waals surface area contributed by atoms with Crippen LogP contribution >= 0.6 is 0 Å². The van der Waals surface area contributed by atoms with Crippen molar-refractivity contribution in [3.63, 3.8) is 0 Å². The third-order valence-corrected chi connectivity index (χ3v) is 12.0. The molecule has 9 rings (SSSR count). The fraction of sp³-hybridized carbons (Fsp3) is 0.0652. The first-order valence-electron chi connectivity index (χ1n) is 17.1. The van der Waals surface area contributed by atoms with Crippen molar-refractivity contribution >= 4 is 37.3 Å². The van der Waals surface area contributed by atoms with E-state index in [9.17, 15) is 8.42 Å². The van der Waals surface area contributed by atoms with Crippen LogP contribution in [0.1, 0.15) is 25.0 Å². The van der Waals surface area contributed by atoms with E-state index in [0.717, 1.165) is 72.4 Å². The highest BCUT2D eigenvalue weighted by Gasteiger charge is 2.35. The molecule has 0 saturated heterocycles.